The highest BCUT2D eigenvalue weighted by molar-refractivity contribution is 5.93. The standard InChI is InChI=1S/C27H34N4O2/c1-18-10-14-22(15-11-18)31-24(17-23(30-31)27(4,5)6)29-26(33)9-7-8-25(32)28-21-13-12-19(2)20(3)16-21/h10-17H,7-9H2,1-6H3,(H,28,32)(H,29,33). The molecule has 2 N–H and O–H groups in total. The van der Waals surface area contributed by atoms with E-state index in [0.717, 1.165) is 28.2 Å². The third kappa shape index (κ3) is 6.54. The van der Waals surface area contributed by atoms with Crippen LogP contribution < -0.4 is 10.6 Å². The van der Waals surface area contributed by atoms with Crippen LogP contribution >= 0.6 is 0 Å². The smallest absolute Gasteiger partial charge is 0.225 e. The molecule has 0 fully saturated rings. The van der Waals surface area contributed by atoms with E-state index in [-0.39, 0.29) is 30.1 Å². The largest absolute Gasteiger partial charge is 0.326 e. The molecule has 1 heterocycles. The maximum Gasteiger partial charge on any atom is 0.225 e. The number of hydrogen-bond donors (Lipinski definition) is 2. The van der Waals surface area contributed by atoms with E-state index in [9.17, 15) is 9.59 Å². The summed E-state index contributed by atoms with van der Waals surface area (Å²) in [4.78, 5) is 24.9. The Morgan fingerprint density at radius 2 is 1.48 bits per heavy atom. The van der Waals surface area contributed by atoms with Gasteiger partial charge in [0, 0.05) is 30.0 Å². The molecule has 0 unspecified atom stereocenters. The molecule has 0 radical (unpaired) electrons. The summed E-state index contributed by atoms with van der Waals surface area (Å²) < 4.78 is 1.77. The first-order chi connectivity index (χ1) is 15.5. The highest BCUT2D eigenvalue weighted by Crippen LogP contribution is 2.26. The number of carbonyl (C=O) groups is 2. The second-order valence-corrected chi connectivity index (χ2v) is 9.66. The van der Waals surface area contributed by atoms with Crippen molar-refractivity contribution in [3.8, 4) is 5.69 Å². The van der Waals surface area contributed by atoms with Crippen molar-refractivity contribution in [3.05, 3.63) is 70.9 Å². The Morgan fingerprint density at radius 1 is 0.848 bits per heavy atom. The molecule has 6 nitrogen and oxygen atoms in total. The van der Waals surface area contributed by atoms with Crippen LogP contribution in [0.2, 0.25) is 0 Å². The first-order valence-electron chi connectivity index (χ1n) is 11.4. The van der Waals surface area contributed by atoms with E-state index in [1.165, 1.54) is 5.56 Å². The van der Waals surface area contributed by atoms with E-state index in [0.29, 0.717) is 12.2 Å². The Bertz CT molecular complexity index is 1140. The topological polar surface area (TPSA) is 76.0 Å². The van der Waals surface area contributed by atoms with Crippen molar-refractivity contribution in [1.82, 2.24) is 9.78 Å². The van der Waals surface area contributed by atoms with Crippen molar-refractivity contribution < 1.29 is 9.59 Å². The minimum atomic E-state index is -0.151. The molecule has 0 aliphatic carbocycles. The average Bonchev–Trinajstić information content (AvgIpc) is 3.15. The van der Waals surface area contributed by atoms with Gasteiger partial charge < -0.3 is 10.6 Å². The van der Waals surface area contributed by atoms with Gasteiger partial charge in [0.15, 0.2) is 0 Å². The fourth-order valence-electron chi connectivity index (χ4n) is 3.38. The molecule has 2 aromatic carbocycles. The summed E-state index contributed by atoms with van der Waals surface area (Å²) in [5.74, 6) is 0.404. The van der Waals surface area contributed by atoms with Gasteiger partial charge in [0.1, 0.15) is 5.82 Å². The van der Waals surface area contributed by atoms with Crippen LogP contribution in [0.4, 0.5) is 11.5 Å². The number of aryl methyl sites for hydroxylation is 3. The molecule has 0 saturated heterocycles. The molecule has 174 valence electrons. The maximum atomic E-state index is 12.6. The van der Waals surface area contributed by atoms with E-state index < -0.39 is 0 Å². The second-order valence-electron chi connectivity index (χ2n) is 9.66. The highest BCUT2D eigenvalue weighted by atomic mass is 16.2. The number of nitrogens with one attached hydrogen (secondary N) is 2. The predicted octanol–water partition coefficient (Wildman–Crippen LogP) is 5.84. The first-order valence-corrected chi connectivity index (χ1v) is 11.4. The summed E-state index contributed by atoms with van der Waals surface area (Å²) in [6.07, 6.45) is 1.00. The highest BCUT2D eigenvalue weighted by Gasteiger charge is 2.21. The minimum Gasteiger partial charge on any atom is -0.326 e. The van der Waals surface area contributed by atoms with Crippen LogP contribution in [0.3, 0.4) is 0 Å². The summed E-state index contributed by atoms with van der Waals surface area (Å²) in [5.41, 5.74) is 5.89. The molecule has 0 aliphatic rings. The average molecular weight is 447 g/mol. The number of rotatable bonds is 7. The van der Waals surface area contributed by atoms with Gasteiger partial charge in [-0.05, 0) is 62.6 Å². The van der Waals surface area contributed by atoms with Gasteiger partial charge in [0.2, 0.25) is 11.8 Å². The predicted molar refractivity (Wildman–Crippen MR) is 134 cm³/mol. The lowest BCUT2D eigenvalue weighted by Crippen LogP contribution is -2.16. The minimum absolute atomic E-state index is 0.0919. The molecular weight excluding hydrogens is 412 g/mol. The molecule has 1 aromatic heterocycles. The number of benzene rings is 2. The molecule has 2 amide bonds. The summed E-state index contributed by atoms with van der Waals surface area (Å²) in [7, 11) is 0. The number of amides is 2. The zero-order valence-electron chi connectivity index (χ0n) is 20.5. The van der Waals surface area contributed by atoms with Crippen LogP contribution in [0.25, 0.3) is 5.69 Å². The monoisotopic (exact) mass is 446 g/mol. The summed E-state index contributed by atoms with van der Waals surface area (Å²) >= 11 is 0. The lowest BCUT2D eigenvalue weighted by atomic mass is 9.92. The van der Waals surface area contributed by atoms with Gasteiger partial charge in [-0.1, -0.05) is 44.5 Å². The first kappa shape index (κ1) is 24.2. The van der Waals surface area contributed by atoms with Crippen molar-refractivity contribution in [3.63, 3.8) is 0 Å². The van der Waals surface area contributed by atoms with Crippen molar-refractivity contribution in [2.45, 2.75) is 66.2 Å². The Morgan fingerprint density at radius 3 is 2.09 bits per heavy atom. The van der Waals surface area contributed by atoms with Crippen LogP contribution in [0.1, 0.15) is 62.4 Å². The quantitative estimate of drug-likeness (QED) is 0.478. The van der Waals surface area contributed by atoms with E-state index in [1.807, 2.05) is 69.3 Å². The van der Waals surface area contributed by atoms with Crippen molar-refractivity contribution in [2.75, 3.05) is 10.6 Å². The van der Waals surface area contributed by atoms with Crippen molar-refractivity contribution in [1.29, 1.82) is 0 Å². The van der Waals surface area contributed by atoms with Crippen molar-refractivity contribution >= 4 is 23.3 Å². The van der Waals surface area contributed by atoms with Crippen molar-refractivity contribution in [2.24, 2.45) is 0 Å². The Hall–Kier alpha value is -3.41. The van der Waals surface area contributed by atoms with E-state index in [2.05, 4.69) is 31.4 Å². The van der Waals surface area contributed by atoms with Crippen LogP contribution in [0.5, 0.6) is 0 Å². The summed E-state index contributed by atoms with van der Waals surface area (Å²) in [6.45, 7) is 12.4. The Labute approximate surface area is 196 Å². The van der Waals surface area contributed by atoms with E-state index in [4.69, 9.17) is 5.10 Å². The molecule has 33 heavy (non-hydrogen) atoms. The molecular formula is C27H34N4O2. The molecule has 0 saturated carbocycles. The van der Waals surface area contributed by atoms with Crippen LogP contribution in [-0.4, -0.2) is 21.6 Å². The van der Waals surface area contributed by atoms with Gasteiger partial charge in [-0.15, -0.1) is 0 Å². The normalized spacial score (nSPS) is 11.3. The number of hydrogen-bond acceptors (Lipinski definition) is 3. The molecule has 3 aromatic rings. The molecule has 3 rings (SSSR count). The zero-order chi connectivity index (χ0) is 24.2. The van der Waals surface area contributed by atoms with Gasteiger partial charge in [0.05, 0.1) is 11.4 Å². The van der Waals surface area contributed by atoms with Gasteiger partial charge in [-0.3, -0.25) is 9.59 Å². The zero-order valence-corrected chi connectivity index (χ0v) is 20.5. The lowest BCUT2D eigenvalue weighted by Gasteiger charge is -2.14. The second kappa shape index (κ2) is 10.0. The summed E-state index contributed by atoms with van der Waals surface area (Å²) in [6, 6.07) is 15.8. The number of carbonyl (C=O) groups excluding carboxylic acids is 2. The van der Waals surface area contributed by atoms with E-state index >= 15 is 0 Å². The van der Waals surface area contributed by atoms with Gasteiger partial charge >= 0.3 is 0 Å². The molecule has 6 heteroatoms. The molecule has 0 bridgehead atoms. The summed E-state index contributed by atoms with van der Waals surface area (Å²) in [5, 5.41) is 10.6. The molecule has 0 spiro atoms. The fraction of sp³-hybridized carbons (Fsp3) is 0.370. The Balaban J connectivity index is 1.61. The third-order valence-electron chi connectivity index (χ3n) is 5.62. The van der Waals surface area contributed by atoms with E-state index in [1.54, 1.807) is 4.68 Å². The number of nitrogens with zero attached hydrogens (tertiary/aromatic N) is 2. The number of aromatic nitrogens is 2. The van der Waals surface area contributed by atoms with Gasteiger partial charge in [-0.2, -0.15) is 5.10 Å². The SMILES string of the molecule is Cc1ccc(-n2nc(C(C)(C)C)cc2NC(=O)CCCC(=O)Nc2ccc(C)c(C)c2)cc1. The van der Waals surface area contributed by atoms with Crippen LogP contribution in [0, 0.1) is 20.8 Å². The fourth-order valence-corrected chi connectivity index (χ4v) is 3.38. The Kier molecular flexibility index (Phi) is 7.36. The van der Waals surface area contributed by atoms with Crippen LogP contribution in [0.15, 0.2) is 48.5 Å². The maximum absolute atomic E-state index is 12.6. The third-order valence-corrected chi connectivity index (χ3v) is 5.62. The van der Waals surface area contributed by atoms with Gasteiger partial charge in [-0.25, -0.2) is 4.68 Å². The number of anilines is 2. The lowest BCUT2D eigenvalue weighted by molar-refractivity contribution is -0.117. The van der Waals surface area contributed by atoms with Crippen LogP contribution in [-0.2, 0) is 15.0 Å². The molecule has 0 atom stereocenters. The van der Waals surface area contributed by atoms with Gasteiger partial charge in [0.25, 0.3) is 0 Å². The molecule has 0 aliphatic heterocycles.